The van der Waals surface area contributed by atoms with Gasteiger partial charge >= 0.3 is 6.09 Å². The minimum Gasteiger partial charge on any atom is -0.427 e. The van der Waals surface area contributed by atoms with Gasteiger partial charge in [0.15, 0.2) is 6.23 Å². The Morgan fingerprint density at radius 3 is 3.00 bits per heavy atom. The molecule has 19 heavy (non-hydrogen) atoms. The van der Waals surface area contributed by atoms with Gasteiger partial charge in [-0.3, -0.25) is 10.1 Å². The number of benzene rings is 1. The first-order valence-electron chi connectivity index (χ1n) is 5.34. The molecule has 7 nitrogen and oxygen atoms in total. The third-order valence-electron chi connectivity index (χ3n) is 2.45. The number of nitrogens with zero attached hydrogens (tertiary/aromatic N) is 2. The summed E-state index contributed by atoms with van der Waals surface area (Å²) in [6, 6.07) is 4.01. The first-order valence-corrected chi connectivity index (χ1v) is 5.72. The average molecular weight is 284 g/mol. The van der Waals surface area contributed by atoms with Crippen LogP contribution in [0.1, 0.15) is 6.42 Å². The van der Waals surface area contributed by atoms with Crippen molar-refractivity contribution in [2.75, 3.05) is 5.01 Å². The molecule has 1 aliphatic heterocycles. The summed E-state index contributed by atoms with van der Waals surface area (Å²) in [5.74, 6) is 0. The number of halogens is 1. The number of cyclic esters (lactones) is 1. The van der Waals surface area contributed by atoms with Gasteiger partial charge in [0, 0.05) is 17.5 Å². The summed E-state index contributed by atoms with van der Waals surface area (Å²) in [4.78, 5) is 22.0. The van der Waals surface area contributed by atoms with Crippen LogP contribution in [0.3, 0.4) is 0 Å². The van der Waals surface area contributed by atoms with E-state index < -0.39 is 17.2 Å². The molecule has 1 atom stereocenters. The van der Waals surface area contributed by atoms with Crippen LogP contribution in [0.4, 0.5) is 16.2 Å². The Bertz CT molecular complexity index is 549. The smallest absolute Gasteiger partial charge is 0.427 e. The van der Waals surface area contributed by atoms with Crippen molar-refractivity contribution in [3.05, 3.63) is 46.0 Å². The van der Waals surface area contributed by atoms with Crippen LogP contribution in [0.15, 0.2) is 30.9 Å². The van der Waals surface area contributed by atoms with Crippen LogP contribution >= 0.6 is 11.6 Å². The Balaban J connectivity index is 2.34. The molecular formula is C11H10ClN3O4. The number of rotatable bonds is 4. The molecule has 0 aliphatic carbocycles. The van der Waals surface area contributed by atoms with E-state index in [4.69, 9.17) is 16.3 Å². The maximum absolute atomic E-state index is 11.7. The van der Waals surface area contributed by atoms with Gasteiger partial charge in [-0.2, -0.15) is 10.4 Å². The highest BCUT2D eigenvalue weighted by Crippen LogP contribution is 2.32. The second-order valence-electron chi connectivity index (χ2n) is 3.75. The highest BCUT2D eigenvalue weighted by molar-refractivity contribution is 6.31. The fraction of sp³-hybridized carbons (Fsp3) is 0.182. The quantitative estimate of drug-likeness (QED) is 0.521. The van der Waals surface area contributed by atoms with Crippen molar-refractivity contribution >= 4 is 29.1 Å². The lowest BCUT2D eigenvalue weighted by atomic mass is 10.2. The zero-order chi connectivity index (χ0) is 14.0. The van der Waals surface area contributed by atoms with Gasteiger partial charge < -0.3 is 4.74 Å². The Kier molecular flexibility index (Phi) is 3.68. The fourth-order valence-electron chi connectivity index (χ4n) is 1.65. The van der Waals surface area contributed by atoms with Gasteiger partial charge in [-0.15, -0.1) is 6.58 Å². The van der Waals surface area contributed by atoms with Gasteiger partial charge in [-0.05, 0) is 12.1 Å². The number of carbonyl (C=O) groups excluding carboxylic acids is 1. The van der Waals surface area contributed by atoms with Crippen molar-refractivity contribution in [2.45, 2.75) is 12.6 Å². The number of amides is 1. The van der Waals surface area contributed by atoms with Crippen LogP contribution in [0.5, 0.6) is 0 Å². The normalized spacial score (nSPS) is 18.3. The summed E-state index contributed by atoms with van der Waals surface area (Å²) >= 11 is 5.71. The van der Waals surface area contributed by atoms with Crippen molar-refractivity contribution < 1.29 is 14.5 Å². The maximum Gasteiger partial charge on any atom is 0.431 e. The Morgan fingerprint density at radius 1 is 1.63 bits per heavy atom. The number of nitro benzene ring substituents is 1. The Labute approximate surface area is 113 Å². The summed E-state index contributed by atoms with van der Waals surface area (Å²) in [6.07, 6.45) is 0.673. The van der Waals surface area contributed by atoms with Crippen molar-refractivity contribution in [1.82, 2.24) is 5.43 Å². The van der Waals surface area contributed by atoms with Crippen LogP contribution in [0.25, 0.3) is 0 Å². The molecule has 1 aromatic rings. The molecule has 1 unspecified atom stereocenters. The predicted molar refractivity (Wildman–Crippen MR) is 68.8 cm³/mol. The van der Waals surface area contributed by atoms with Crippen LogP contribution in [0.2, 0.25) is 5.02 Å². The van der Waals surface area contributed by atoms with Crippen LogP contribution < -0.4 is 10.4 Å². The minimum absolute atomic E-state index is 0.0750. The molecule has 0 spiro atoms. The summed E-state index contributed by atoms with van der Waals surface area (Å²) in [7, 11) is 0. The molecule has 0 radical (unpaired) electrons. The maximum atomic E-state index is 11.7. The lowest BCUT2D eigenvalue weighted by Gasteiger charge is -2.13. The van der Waals surface area contributed by atoms with E-state index in [-0.39, 0.29) is 16.4 Å². The zero-order valence-corrected chi connectivity index (χ0v) is 10.5. The minimum atomic E-state index is -0.711. The second-order valence-corrected chi connectivity index (χ2v) is 4.19. The largest absolute Gasteiger partial charge is 0.431 e. The predicted octanol–water partition coefficient (Wildman–Crippen LogP) is 2.61. The lowest BCUT2D eigenvalue weighted by molar-refractivity contribution is -0.384. The zero-order valence-electron chi connectivity index (χ0n) is 9.71. The Hall–Kier alpha value is -2.12. The van der Waals surface area contributed by atoms with Crippen molar-refractivity contribution in [2.24, 2.45) is 0 Å². The molecule has 1 saturated heterocycles. The van der Waals surface area contributed by atoms with Crippen LogP contribution in [-0.4, -0.2) is 17.2 Å². The Morgan fingerprint density at radius 2 is 2.37 bits per heavy atom. The molecule has 1 aromatic carbocycles. The SMILES string of the molecule is C=CCC1NN(c2ccc(Cl)cc2[N+](=O)[O-])C(=O)O1. The highest BCUT2D eigenvalue weighted by Gasteiger charge is 2.35. The van der Waals surface area contributed by atoms with E-state index in [1.165, 1.54) is 18.2 Å². The molecule has 8 heteroatoms. The van der Waals surface area contributed by atoms with Gasteiger partial charge in [0.25, 0.3) is 5.69 Å². The van der Waals surface area contributed by atoms with E-state index in [0.717, 1.165) is 5.01 Å². The first-order chi connectivity index (χ1) is 9.02. The lowest BCUT2D eigenvalue weighted by Crippen LogP contribution is -2.37. The van der Waals surface area contributed by atoms with Crippen LogP contribution in [0, 0.1) is 10.1 Å². The van der Waals surface area contributed by atoms with Gasteiger partial charge in [-0.1, -0.05) is 17.7 Å². The summed E-state index contributed by atoms with van der Waals surface area (Å²) in [5, 5.41) is 12.2. The molecule has 0 bridgehead atoms. The van der Waals surface area contributed by atoms with Gasteiger partial charge in [0.2, 0.25) is 0 Å². The summed E-state index contributed by atoms with van der Waals surface area (Å²) < 4.78 is 4.98. The topological polar surface area (TPSA) is 84.7 Å². The monoisotopic (exact) mass is 283 g/mol. The van der Waals surface area contributed by atoms with E-state index >= 15 is 0 Å². The van der Waals surface area contributed by atoms with E-state index in [2.05, 4.69) is 12.0 Å². The molecule has 1 fully saturated rings. The van der Waals surface area contributed by atoms with Crippen molar-refractivity contribution in [1.29, 1.82) is 0 Å². The van der Waals surface area contributed by atoms with E-state index in [1.54, 1.807) is 6.08 Å². The van der Waals surface area contributed by atoms with Gasteiger partial charge in [-0.25, -0.2) is 4.79 Å². The van der Waals surface area contributed by atoms with Crippen LogP contribution in [-0.2, 0) is 4.74 Å². The van der Waals surface area contributed by atoms with Gasteiger partial charge in [0.1, 0.15) is 5.69 Å². The number of nitrogens with one attached hydrogen (secondary N) is 1. The second kappa shape index (κ2) is 5.25. The first kappa shape index (κ1) is 13.3. The number of nitro groups is 1. The molecule has 2 rings (SSSR count). The summed E-state index contributed by atoms with van der Waals surface area (Å²) in [5.41, 5.74) is 2.51. The highest BCUT2D eigenvalue weighted by atomic mass is 35.5. The number of carbonyl (C=O) groups is 1. The molecule has 1 aliphatic rings. The number of hydrogen-bond donors (Lipinski definition) is 1. The molecule has 1 N–H and O–H groups in total. The average Bonchev–Trinajstić information content (AvgIpc) is 2.70. The molecule has 1 amide bonds. The van der Waals surface area contributed by atoms with E-state index in [9.17, 15) is 14.9 Å². The van der Waals surface area contributed by atoms with Crippen molar-refractivity contribution in [3.63, 3.8) is 0 Å². The number of hydrazine groups is 1. The standard InChI is InChI=1S/C11H10ClN3O4/c1-2-3-10-13-14(11(16)19-10)8-5-4-7(12)6-9(8)15(17)18/h2,4-6,10,13H,1,3H2. The van der Waals surface area contributed by atoms with Crippen molar-refractivity contribution in [3.8, 4) is 0 Å². The van der Waals surface area contributed by atoms with E-state index in [0.29, 0.717) is 6.42 Å². The molecular weight excluding hydrogens is 274 g/mol. The number of hydrogen-bond acceptors (Lipinski definition) is 5. The van der Waals surface area contributed by atoms with E-state index in [1.807, 2.05) is 0 Å². The number of ether oxygens (including phenoxy) is 1. The molecule has 100 valence electrons. The number of anilines is 1. The third-order valence-corrected chi connectivity index (χ3v) is 2.69. The fourth-order valence-corrected chi connectivity index (χ4v) is 1.82. The third kappa shape index (κ3) is 2.67. The molecule has 1 heterocycles. The molecule has 0 aromatic heterocycles. The molecule has 0 saturated carbocycles. The van der Waals surface area contributed by atoms with Gasteiger partial charge in [0.05, 0.1) is 4.92 Å². The summed E-state index contributed by atoms with van der Waals surface area (Å²) in [6.45, 7) is 3.53.